The molecule has 0 saturated carbocycles. The zero-order valence-corrected chi connectivity index (χ0v) is 15.1. The van der Waals surface area contributed by atoms with Crippen LogP contribution >= 0.6 is 0 Å². The van der Waals surface area contributed by atoms with Crippen LogP contribution in [0, 0.1) is 0 Å². The number of carbonyl (C=O) groups excluding carboxylic acids is 2. The number of ether oxygens (including phenoxy) is 1. The maximum atomic E-state index is 12.7. The van der Waals surface area contributed by atoms with Crippen molar-refractivity contribution in [2.45, 2.75) is 6.42 Å². The van der Waals surface area contributed by atoms with Crippen molar-refractivity contribution >= 4 is 11.7 Å². The molecule has 0 aliphatic carbocycles. The number of hydrogen-bond acceptors (Lipinski definition) is 4. The lowest BCUT2D eigenvalue weighted by Crippen LogP contribution is -2.49. The first-order valence-electron chi connectivity index (χ1n) is 8.92. The number of hydrogen-bond donors (Lipinski definition) is 0. The van der Waals surface area contributed by atoms with Crippen LogP contribution in [0.5, 0.6) is 5.75 Å². The summed E-state index contributed by atoms with van der Waals surface area (Å²) in [6.45, 7) is 3.61. The lowest BCUT2D eigenvalue weighted by molar-refractivity contribution is 0.0625. The summed E-state index contributed by atoms with van der Waals surface area (Å²) in [4.78, 5) is 29.0. The van der Waals surface area contributed by atoms with Gasteiger partial charge in [-0.05, 0) is 12.1 Å². The van der Waals surface area contributed by atoms with Gasteiger partial charge in [0.1, 0.15) is 5.75 Å². The first-order chi connectivity index (χ1) is 12.7. The quantitative estimate of drug-likeness (QED) is 0.750. The summed E-state index contributed by atoms with van der Waals surface area (Å²) < 4.78 is 5.29. The average molecular weight is 352 g/mol. The highest BCUT2D eigenvalue weighted by atomic mass is 16.5. The lowest BCUT2D eigenvalue weighted by atomic mass is 10.1. The summed E-state index contributed by atoms with van der Waals surface area (Å²) in [5.74, 6) is 0.772. The van der Waals surface area contributed by atoms with Crippen LogP contribution in [0.4, 0.5) is 0 Å². The van der Waals surface area contributed by atoms with E-state index < -0.39 is 0 Å². The van der Waals surface area contributed by atoms with E-state index in [1.165, 1.54) is 0 Å². The van der Waals surface area contributed by atoms with E-state index in [0.717, 1.165) is 25.2 Å². The van der Waals surface area contributed by atoms with E-state index in [9.17, 15) is 9.59 Å². The number of ketones is 1. The summed E-state index contributed by atoms with van der Waals surface area (Å²) in [6, 6.07) is 16.7. The normalized spacial score (nSPS) is 14.9. The molecule has 1 saturated heterocycles. The molecule has 2 aromatic carbocycles. The maximum Gasteiger partial charge on any atom is 0.257 e. The molecule has 3 rings (SSSR count). The summed E-state index contributed by atoms with van der Waals surface area (Å²) in [6.07, 6.45) is 0.504. The van der Waals surface area contributed by atoms with Crippen molar-refractivity contribution in [3.63, 3.8) is 0 Å². The molecule has 1 heterocycles. The molecule has 0 atom stereocenters. The van der Waals surface area contributed by atoms with Crippen LogP contribution in [0.1, 0.15) is 27.1 Å². The SMILES string of the molecule is COc1ccccc1C(=O)N1CCN(CCC(=O)c2ccccc2)CC1. The minimum atomic E-state index is 0.00228. The van der Waals surface area contributed by atoms with E-state index in [-0.39, 0.29) is 11.7 Å². The Morgan fingerprint density at radius 2 is 1.58 bits per heavy atom. The molecular formula is C21H24N2O3. The molecule has 0 N–H and O–H groups in total. The van der Waals surface area contributed by atoms with Crippen molar-refractivity contribution in [2.75, 3.05) is 39.8 Å². The Balaban J connectivity index is 1.50. The van der Waals surface area contributed by atoms with Gasteiger partial charge >= 0.3 is 0 Å². The number of rotatable bonds is 6. The number of benzene rings is 2. The topological polar surface area (TPSA) is 49.9 Å². The average Bonchev–Trinajstić information content (AvgIpc) is 2.72. The molecule has 26 heavy (non-hydrogen) atoms. The molecule has 1 aliphatic heterocycles. The Bertz CT molecular complexity index is 753. The van der Waals surface area contributed by atoms with E-state index >= 15 is 0 Å². The third-order valence-electron chi connectivity index (χ3n) is 4.75. The van der Waals surface area contributed by atoms with Gasteiger partial charge in [-0.2, -0.15) is 0 Å². The Morgan fingerprint density at radius 3 is 2.27 bits per heavy atom. The maximum absolute atomic E-state index is 12.7. The van der Waals surface area contributed by atoms with Gasteiger partial charge in [-0.15, -0.1) is 0 Å². The van der Waals surface area contributed by atoms with Gasteiger partial charge in [0, 0.05) is 44.7 Å². The second-order valence-corrected chi connectivity index (χ2v) is 6.37. The molecule has 136 valence electrons. The van der Waals surface area contributed by atoms with Gasteiger partial charge in [0.2, 0.25) is 0 Å². The molecule has 0 spiro atoms. The molecule has 0 unspecified atom stereocenters. The number of methoxy groups -OCH3 is 1. The van der Waals surface area contributed by atoms with E-state index in [1.54, 1.807) is 19.2 Å². The zero-order valence-electron chi connectivity index (χ0n) is 15.1. The standard InChI is InChI=1S/C21H24N2O3/c1-26-20-10-6-5-9-18(20)21(25)23-15-13-22(14-16-23)12-11-19(24)17-7-3-2-4-8-17/h2-10H,11-16H2,1H3. The Labute approximate surface area is 154 Å². The first-order valence-corrected chi connectivity index (χ1v) is 8.92. The Morgan fingerprint density at radius 1 is 0.923 bits per heavy atom. The largest absolute Gasteiger partial charge is 0.496 e. The summed E-state index contributed by atoms with van der Waals surface area (Å²) in [7, 11) is 1.58. The number of para-hydroxylation sites is 1. The fraction of sp³-hybridized carbons (Fsp3) is 0.333. The molecule has 0 radical (unpaired) electrons. The van der Waals surface area contributed by atoms with Gasteiger partial charge < -0.3 is 9.64 Å². The summed E-state index contributed by atoms with van der Waals surface area (Å²) in [5.41, 5.74) is 1.36. The van der Waals surface area contributed by atoms with Crippen LogP contribution in [0.3, 0.4) is 0 Å². The number of Topliss-reactive ketones (excluding diaryl/α,β-unsaturated/α-hetero) is 1. The highest BCUT2D eigenvalue weighted by Crippen LogP contribution is 2.20. The summed E-state index contributed by atoms with van der Waals surface area (Å²) >= 11 is 0. The van der Waals surface area contributed by atoms with Crippen molar-refractivity contribution in [2.24, 2.45) is 0 Å². The minimum Gasteiger partial charge on any atom is -0.496 e. The van der Waals surface area contributed by atoms with Gasteiger partial charge in [0.15, 0.2) is 5.78 Å². The predicted molar refractivity (Wildman–Crippen MR) is 101 cm³/mol. The van der Waals surface area contributed by atoms with Crippen molar-refractivity contribution < 1.29 is 14.3 Å². The molecular weight excluding hydrogens is 328 g/mol. The molecule has 2 aromatic rings. The molecule has 1 fully saturated rings. The van der Waals surface area contributed by atoms with Crippen LogP contribution in [-0.4, -0.2) is 61.3 Å². The fourth-order valence-corrected chi connectivity index (χ4v) is 3.19. The van der Waals surface area contributed by atoms with Gasteiger partial charge in [-0.1, -0.05) is 42.5 Å². The van der Waals surface area contributed by atoms with Crippen LogP contribution in [0.25, 0.3) is 0 Å². The second-order valence-electron chi connectivity index (χ2n) is 6.37. The van der Waals surface area contributed by atoms with Crippen molar-refractivity contribution in [3.05, 3.63) is 65.7 Å². The predicted octanol–water partition coefficient (Wildman–Crippen LogP) is 2.73. The van der Waals surface area contributed by atoms with Gasteiger partial charge in [-0.25, -0.2) is 0 Å². The van der Waals surface area contributed by atoms with E-state index in [0.29, 0.717) is 30.8 Å². The molecule has 1 aliphatic rings. The number of carbonyl (C=O) groups is 2. The van der Waals surface area contributed by atoms with Crippen molar-refractivity contribution in [1.82, 2.24) is 9.80 Å². The highest BCUT2D eigenvalue weighted by Gasteiger charge is 2.24. The second kappa shape index (κ2) is 8.63. The van der Waals surface area contributed by atoms with E-state index in [4.69, 9.17) is 4.74 Å². The van der Waals surface area contributed by atoms with E-state index in [2.05, 4.69) is 4.90 Å². The van der Waals surface area contributed by atoms with Crippen LogP contribution in [-0.2, 0) is 0 Å². The van der Waals surface area contributed by atoms with E-state index in [1.807, 2.05) is 47.4 Å². The fourth-order valence-electron chi connectivity index (χ4n) is 3.19. The lowest BCUT2D eigenvalue weighted by Gasteiger charge is -2.34. The number of amides is 1. The van der Waals surface area contributed by atoms with Crippen LogP contribution in [0.15, 0.2) is 54.6 Å². The molecule has 5 heteroatoms. The van der Waals surface area contributed by atoms with Crippen LogP contribution < -0.4 is 4.74 Å². The van der Waals surface area contributed by atoms with Crippen LogP contribution in [0.2, 0.25) is 0 Å². The Hall–Kier alpha value is -2.66. The molecule has 0 bridgehead atoms. The molecule has 5 nitrogen and oxygen atoms in total. The third-order valence-corrected chi connectivity index (χ3v) is 4.75. The Kier molecular flexibility index (Phi) is 6.02. The van der Waals surface area contributed by atoms with Crippen molar-refractivity contribution in [3.8, 4) is 5.75 Å². The molecule has 1 amide bonds. The highest BCUT2D eigenvalue weighted by molar-refractivity contribution is 5.97. The van der Waals surface area contributed by atoms with Crippen molar-refractivity contribution in [1.29, 1.82) is 0 Å². The first kappa shape index (κ1) is 18.1. The zero-order chi connectivity index (χ0) is 18.4. The van der Waals surface area contributed by atoms with Gasteiger partial charge in [-0.3, -0.25) is 14.5 Å². The molecule has 0 aromatic heterocycles. The third kappa shape index (κ3) is 4.29. The monoisotopic (exact) mass is 352 g/mol. The number of piperazine rings is 1. The minimum absolute atomic E-state index is 0.00228. The number of nitrogens with zero attached hydrogens (tertiary/aromatic N) is 2. The summed E-state index contributed by atoms with van der Waals surface area (Å²) in [5, 5.41) is 0. The smallest absolute Gasteiger partial charge is 0.257 e. The van der Waals surface area contributed by atoms with Gasteiger partial charge in [0.25, 0.3) is 5.91 Å². The van der Waals surface area contributed by atoms with Gasteiger partial charge in [0.05, 0.1) is 12.7 Å².